The molecule has 176 valence electrons. The SMILES string of the molecule is C[C@@H](Oc1cc(-n2cnc3ccc([C@H]4CC[C@@H](N)CC4)cc32)sc1C(N)=O)c1ccccc1Cl. The van der Waals surface area contributed by atoms with Gasteiger partial charge in [-0.15, -0.1) is 11.3 Å². The van der Waals surface area contributed by atoms with Crippen LogP contribution in [0.5, 0.6) is 5.75 Å². The van der Waals surface area contributed by atoms with E-state index in [1.807, 2.05) is 41.8 Å². The second-order valence-corrected chi connectivity index (χ2v) is 10.3. The van der Waals surface area contributed by atoms with E-state index in [-0.39, 0.29) is 6.10 Å². The smallest absolute Gasteiger partial charge is 0.262 e. The molecule has 0 saturated heterocycles. The number of fused-ring (bicyclic) bond motifs is 1. The van der Waals surface area contributed by atoms with E-state index in [1.165, 1.54) is 16.9 Å². The number of nitrogens with zero attached hydrogens (tertiary/aromatic N) is 2. The van der Waals surface area contributed by atoms with E-state index in [2.05, 4.69) is 23.2 Å². The van der Waals surface area contributed by atoms with Crippen LogP contribution >= 0.6 is 22.9 Å². The highest BCUT2D eigenvalue weighted by Crippen LogP contribution is 2.38. The van der Waals surface area contributed by atoms with E-state index in [9.17, 15) is 4.79 Å². The van der Waals surface area contributed by atoms with Crippen molar-refractivity contribution < 1.29 is 9.53 Å². The number of halogens is 1. The Morgan fingerprint density at radius 1 is 1.18 bits per heavy atom. The molecule has 4 N–H and O–H groups in total. The van der Waals surface area contributed by atoms with Gasteiger partial charge in [0.25, 0.3) is 5.91 Å². The van der Waals surface area contributed by atoms with Gasteiger partial charge in [0.05, 0.1) is 11.0 Å². The molecule has 5 rings (SSSR count). The summed E-state index contributed by atoms with van der Waals surface area (Å²) in [5.74, 6) is 0.424. The largest absolute Gasteiger partial charge is 0.484 e. The van der Waals surface area contributed by atoms with Crippen LogP contribution in [0, 0.1) is 0 Å². The fraction of sp³-hybridized carbons (Fsp3) is 0.308. The number of imidazole rings is 1. The van der Waals surface area contributed by atoms with Crippen LogP contribution in [-0.4, -0.2) is 21.5 Å². The normalized spacial score (nSPS) is 19.3. The first-order valence-corrected chi connectivity index (χ1v) is 12.7. The number of hydrogen-bond donors (Lipinski definition) is 2. The van der Waals surface area contributed by atoms with E-state index >= 15 is 0 Å². The minimum Gasteiger partial charge on any atom is -0.484 e. The predicted octanol–water partition coefficient (Wildman–Crippen LogP) is 5.96. The Balaban J connectivity index is 1.49. The van der Waals surface area contributed by atoms with Crippen LogP contribution in [0.3, 0.4) is 0 Å². The fourth-order valence-corrected chi connectivity index (χ4v) is 5.92. The number of primary amides is 1. The minimum absolute atomic E-state index is 0.315. The molecule has 34 heavy (non-hydrogen) atoms. The van der Waals surface area contributed by atoms with Crippen molar-refractivity contribution in [1.82, 2.24) is 9.55 Å². The lowest BCUT2D eigenvalue weighted by molar-refractivity contribution is 0.0998. The molecule has 1 aliphatic rings. The molecule has 6 nitrogen and oxygen atoms in total. The van der Waals surface area contributed by atoms with Crippen LogP contribution in [0.25, 0.3) is 16.0 Å². The van der Waals surface area contributed by atoms with E-state index in [0.29, 0.717) is 27.6 Å². The molecular weight excluding hydrogens is 468 g/mol. The number of thiophene rings is 1. The summed E-state index contributed by atoms with van der Waals surface area (Å²) in [6.07, 6.45) is 5.74. The number of carbonyl (C=O) groups is 1. The van der Waals surface area contributed by atoms with Crippen molar-refractivity contribution in [2.45, 2.75) is 50.7 Å². The molecule has 1 amide bonds. The van der Waals surface area contributed by atoms with Crippen molar-refractivity contribution >= 4 is 39.9 Å². The quantitative estimate of drug-likeness (QED) is 0.345. The molecular formula is C26H27ClN4O2S. The monoisotopic (exact) mass is 494 g/mol. The number of rotatable bonds is 6. The molecule has 1 saturated carbocycles. The Kier molecular flexibility index (Phi) is 6.34. The van der Waals surface area contributed by atoms with Gasteiger partial charge in [-0.05, 0) is 62.3 Å². The summed E-state index contributed by atoms with van der Waals surface area (Å²) in [7, 11) is 0. The molecule has 0 bridgehead atoms. The molecule has 8 heteroatoms. The van der Waals surface area contributed by atoms with Crippen molar-refractivity contribution in [3.05, 3.63) is 75.9 Å². The van der Waals surface area contributed by atoms with Gasteiger partial charge in [-0.1, -0.05) is 35.9 Å². The van der Waals surface area contributed by atoms with Gasteiger partial charge in [0, 0.05) is 22.7 Å². The summed E-state index contributed by atoms with van der Waals surface area (Å²) >= 11 is 7.64. The third kappa shape index (κ3) is 4.43. The third-order valence-electron chi connectivity index (χ3n) is 6.61. The van der Waals surface area contributed by atoms with Gasteiger partial charge in [-0.25, -0.2) is 4.98 Å². The average Bonchev–Trinajstić information content (AvgIpc) is 3.43. The average molecular weight is 495 g/mol. The van der Waals surface area contributed by atoms with E-state index in [4.69, 9.17) is 27.8 Å². The lowest BCUT2D eigenvalue weighted by Crippen LogP contribution is -2.25. The first kappa shape index (κ1) is 22.9. The first-order chi connectivity index (χ1) is 16.4. The second kappa shape index (κ2) is 9.41. The maximum absolute atomic E-state index is 12.2. The number of amides is 1. The van der Waals surface area contributed by atoms with Crippen molar-refractivity contribution in [2.75, 3.05) is 0 Å². The summed E-state index contributed by atoms with van der Waals surface area (Å²) in [6.45, 7) is 1.90. The molecule has 0 unspecified atom stereocenters. The highest BCUT2D eigenvalue weighted by molar-refractivity contribution is 7.16. The Morgan fingerprint density at radius 3 is 2.68 bits per heavy atom. The molecule has 1 fully saturated rings. The Hall–Kier alpha value is -2.87. The van der Waals surface area contributed by atoms with Crippen molar-refractivity contribution in [2.24, 2.45) is 11.5 Å². The van der Waals surface area contributed by atoms with Crippen molar-refractivity contribution in [3.8, 4) is 10.8 Å². The van der Waals surface area contributed by atoms with Gasteiger partial charge in [0.1, 0.15) is 28.1 Å². The van der Waals surface area contributed by atoms with Gasteiger partial charge in [0.15, 0.2) is 0 Å². The summed E-state index contributed by atoms with van der Waals surface area (Å²) in [4.78, 5) is 17.2. The number of hydrogen-bond acceptors (Lipinski definition) is 5. The van der Waals surface area contributed by atoms with Crippen LogP contribution in [0.1, 0.15) is 65.4 Å². The van der Waals surface area contributed by atoms with Gasteiger partial charge in [0.2, 0.25) is 0 Å². The molecule has 2 heterocycles. The number of nitrogens with two attached hydrogens (primary N) is 2. The molecule has 4 aromatic rings. The zero-order valence-electron chi connectivity index (χ0n) is 18.9. The first-order valence-electron chi connectivity index (χ1n) is 11.5. The standard InChI is InChI=1S/C26H27ClN4O2S/c1-15(19-4-2-3-5-20(19)27)33-23-13-24(34-25(23)26(29)32)31-14-30-21-11-8-17(12-22(21)31)16-6-9-18(28)10-7-16/h2-5,8,11-16,18H,6-7,9-10,28H2,1H3,(H2,29,32)/t15-,16-,18+/m1/s1. The number of carbonyl (C=O) groups excluding carboxylic acids is 1. The Bertz CT molecular complexity index is 1340. The summed E-state index contributed by atoms with van der Waals surface area (Å²) < 4.78 is 8.17. The minimum atomic E-state index is -0.527. The second-order valence-electron chi connectivity index (χ2n) is 8.90. The summed E-state index contributed by atoms with van der Waals surface area (Å²) in [6, 6.07) is 16.1. The lowest BCUT2D eigenvalue weighted by Gasteiger charge is -2.26. The number of ether oxygens (including phenoxy) is 1. The van der Waals surface area contributed by atoms with Crippen LogP contribution < -0.4 is 16.2 Å². The molecule has 1 atom stereocenters. The maximum Gasteiger partial charge on any atom is 0.262 e. The molecule has 0 spiro atoms. The molecule has 2 aromatic heterocycles. The van der Waals surface area contributed by atoms with E-state index in [0.717, 1.165) is 47.3 Å². The highest BCUT2D eigenvalue weighted by Gasteiger charge is 2.23. The van der Waals surface area contributed by atoms with Gasteiger partial charge in [-0.2, -0.15) is 0 Å². The van der Waals surface area contributed by atoms with E-state index in [1.54, 1.807) is 6.33 Å². The zero-order valence-corrected chi connectivity index (χ0v) is 20.5. The lowest BCUT2D eigenvalue weighted by atomic mass is 9.82. The fourth-order valence-electron chi connectivity index (χ4n) is 4.71. The molecule has 2 aromatic carbocycles. The van der Waals surface area contributed by atoms with Gasteiger partial charge in [-0.3, -0.25) is 9.36 Å². The molecule has 1 aliphatic carbocycles. The van der Waals surface area contributed by atoms with Crippen molar-refractivity contribution in [1.29, 1.82) is 0 Å². The zero-order chi connectivity index (χ0) is 23.8. The number of benzene rings is 2. The van der Waals surface area contributed by atoms with Crippen LogP contribution in [0.4, 0.5) is 0 Å². The van der Waals surface area contributed by atoms with Crippen LogP contribution in [0.2, 0.25) is 5.02 Å². The third-order valence-corrected chi connectivity index (χ3v) is 8.08. The predicted molar refractivity (Wildman–Crippen MR) is 137 cm³/mol. The van der Waals surface area contributed by atoms with Crippen molar-refractivity contribution in [3.63, 3.8) is 0 Å². The molecule has 0 aliphatic heterocycles. The highest BCUT2D eigenvalue weighted by atomic mass is 35.5. The van der Waals surface area contributed by atoms with Gasteiger partial charge >= 0.3 is 0 Å². The summed E-state index contributed by atoms with van der Waals surface area (Å²) in [5, 5.41) is 1.43. The van der Waals surface area contributed by atoms with Gasteiger partial charge < -0.3 is 16.2 Å². The Morgan fingerprint density at radius 2 is 1.94 bits per heavy atom. The maximum atomic E-state index is 12.2. The Labute approximate surface area is 207 Å². The topological polar surface area (TPSA) is 96.2 Å². The summed E-state index contributed by atoms with van der Waals surface area (Å²) in [5.41, 5.74) is 15.8. The van der Waals surface area contributed by atoms with Crippen LogP contribution in [-0.2, 0) is 0 Å². The molecule has 0 radical (unpaired) electrons. The van der Waals surface area contributed by atoms with E-state index < -0.39 is 5.91 Å². The van der Waals surface area contributed by atoms with Crippen LogP contribution in [0.15, 0.2) is 54.9 Å². The number of aromatic nitrogens is 2.